The van der Waals surface area contributed by atoms with Crippen LogP contribution in [0.2, 0.25) is 0 Å². The van der Waals surface area contributed by atoms with Crippen LogP contribution in [0.5, 0.6) is 5.75 Å². The molecule has 1 aliphatic rings. The number of pyridine rings is 1. The first-order valence-corrected chi connectivity index (χ1v) is 9.97. The van der Waals surface area contributed by atoms with Gasteiger partial charge in [-0.1, -0.05) is 6.07 Å². The summed E-state index contributed by atoms with van der Waals surface area (Å²) in [6.45, 7) is 1.62. The van der Waals surface area contributed by atoms with Gasteiger partial charge in [0.25, 0.3) is 5.91 Å². The smallest absolute Gasteiger partial charge is 0.275 e. The summed E-state index contributed by atoms with van der Waals surface area (Å²) >= 11 is 0.993. The highest BCUT2D eigenvalue weighted by atomic mass is 32.1. The zero-order valence-electron chi connectivity index (χ0n) is 16.1. The number of carbonyl (C=O) groups excluding carboxylic acids is 1. The Hall–Kier alpha value is -2.95. The topological polar surface area (TPSA) is 96.4 Å². The number of rotatable bonds is 5. The van der Waals surface area contributed by atoms with E-state index in [1.807, 2.05) is 0 Å². The molecule has 3 heterocycles. The van der Waals surface area contributed by atoms with Gasteiger partial charge in [0.2, 0.25) is 0 Å². The summed E-state index contributed by atoms with van der Waals surface area (Å²) in [7, 11) is 1.00. The second-order valence-electron chi connectivity index (χ2n) is 6.19. The van der Waals surface area contributed by atoms with Gasteiger partial charge in [0.15, 0.2) is 0 Å². The van der Waals surface area contributed by atoms with E-state index in [0.717, 1.165) is 50.1 Å². The number of amides is 1. The predicted molar refractivity (Wildman–Crippen MR) is 110 cm³/mol. The Labute approximate surface area is 175 Å². The van der Waals surface area contributed by atoms with E-state index in [-0.39, 0.29) is 22.4 Å². The molecule has 0 radical (unpaired) electrons. The number of nitrogens with zero attached hydrogens (tertiary/aromatic N) is 2. The lowest BCUT2D eigenvalue weighted by Crippen LogP contribution is -2.21. The zero-order chi connectivity index (χ0) is 21.5. The van der Waals surface area contributed by atoms with Crippen molar-refractivity contribution in [1.29, 1.82) is 0 Å². The van der Waals surface area contributed by atoms with Gasteiger partial charge in [0, 0.05) is 31.3 Å². The van der Waals surface area contributed by atoms with E-state index in [1.54, 1.807) is 12.3 Å². The Morgan fingerprint density at radius 3 is 2.77 bits per heavy atom. The van der Waals surface area contributed by atoms with Crippen LogP contribution in [-0.2, 0) is 0 Å². The average molecular weight is 434 g/mol. The standard InChI is InChI=1S/C19H16F2N4O2S.CH4O/c20-12-2-1-3-13(21)17(12)19-25-15(10-28-19)18(26)24-14-9-23-7-5-16(14)27-11-4-6-22-8-11;1-2/h1-3,5,7,9-11,22H,4,6,8H2,(H,24,26);2H,1H3. The van der Waals surface area contributed by atoms with Crippen LogP contribution in [-0.4, -0.2) is 47.3 Å². The van der Waals surface area contributed by atoms with Crippen molar-refractivity contribution in [2.45, 2.75) is 12.5 Å². The minimum atomic E-state index is -0.727. The summed E-state index contributed by atoms with van der Waals surface area (Å²) in [4.78, 5) is 20.7. The van der Waals surface area contributed by atoms with Gasteiger partial charge in [0.05, 0.1) is 11.8 Å². The number of hydrogen-bond donors (Lipinski definition) is 3. The fraction of sp³-hybridized carbons (Fsp3) is 0.250. The fourth-order valence-electron chi connectivity index (χ4n) is 2.87. The first kappa shape index (κ1) is 21.8. The number of thiazole rings is 1. The average Bonchev–Trinajstić information content (AvgIpc) is 3.43. The van der Waals surface area contributed by atoms with E-state index < -0.39 is 17.5 Å². The molecule has 158 valence electrons. The van der Waals surface area contributed by atoms with Gasteiger partial charge in [-0.15, -0.1) is 11.3 Å². The molecule has 3 N–H and O–H groups in total. The van der Waals surface area contributed by atoms with Crippen molar-refractivity contribution in [3.8, 4) is 16.3 Å². The molecule has 10 heteroatoms. The third-order valence-corrected chi connectivity index (χ3v) is 5.11. The van der Waals surface area contributed by atoms with Crippen LogP contribution in [0.1, 0.15) is 16.9 Å². The Morgan fingerprint density at radius 2 is 2.07 bits per heavy atom. The molecule has 0 bridgehead atoms. The van der Waals surface area contributed by atoms with Gasteiger partial charge < -0.3 is 20.5 Å². The Balaban J connectivity index is 0.00000124. The quantitative estimate of drug-likeness (QED) is 0.571. The molecule has 1 fully saturated rings. The maximum absolute atomic E-state index is 13.9. The maximum atomic E-state index is 13.9. The molecule has 0 aliphatic carbocycles. The summed E-state index contributed by atoms with van der Waals surface area (Å²) in [5, 5.41) is 14.5. The van der Waals surface area contributed by atoms with Crippen molar-refractivity contribution < 1.29 is 23.4 Å². The van der Waals surface area contributed by atoms with E-state index in [0.29, 0.717) is 11.4 Å². The van der Waals surface area contributed by atoms with E-state index in [4.69, 9.17) is 9.84 Å². The summed E-state index contributed by atoms with van der Waals surface area (Å²) in [6.07, 6.45) is 3.96. The SMILES string of the molecule is CO.O=C(Nc1cnccc1OC1CCNC1)c1csc(-c2c(F)cccc2F)n1. The summed E-state index contributed by atoms with van der Waals surface area (Å²) in [5.74, 6) is -1.46. The van der Waals surface area contributed by atoms with Gasteiger partial charge >= 0.3 is 0 Å². The first-order chi connectivity index (χ1) is 14.6. The van der Waals surface area contributed by atoms with Crippen molar-refractivity contribution in [1.82, 2.24) is 15.3 Å². The highest BCUT2D eigenvalue weighted by Gasteiger charge is 2.20. The van der Waals surface area contributed by atoms with E-state index in [2.05, 4.69) is 20.6 Å². The highest BCUT2D eigenvalue weighted by Crippen LogP contribution is 2.30. The highest BCUT2D eigenvalue weighted by molar-refractivity contribution is 7.13. The third kappa shape index (κ3) is 4.96. The largest absolute Gasteiger partial charge is 0.487 e. The molecule has 0 spiro atoms. The van der Waals surface area contributed by atoms with Gasteiger partial charge in [-0.05, 0) is 25.1 Å². The van der Waals surface area contributed by atoms with Crippen molar-refractivity contribution in [2.75, 3.05) is 25.5 Å². The molecule has 30 heavy (non-hydrogen) atoms. The molecular formula is C20H20F2N4O3S. The molecule has 1 unspecified atom stereocenters. The van der Waals surface area contributed by atoms with Gasteiger partial charge in [-0.2, -0.15) is 0 Å². The van der Waals surface area contributed by atoms with E-state index in [9.17, 15) is 13.6 Å². The van der Waals surface area contributed by atoms with Crippen LogP contribution in [0.4, 0.5) is 14.5 Å². The number of hydrogen-bond acceptors (Lipinski definition) is 7. The van der Waals surface area contributed by atoms with Crippen LogP contribution < -0.4 is 15.4 Å². The summed E-state index contributed by atoms with van der Waals surface area (Å²) in [6, 6.07) is 5.25. The van der Waals surface area contributed by atoms with Crippen LogP contribution >= 0.6 is 11.3 Å². The molecule has 4 rings (SSSR count). The van der Waals surface area contributed by atoms with Gasteiger partial charge in [0.1, 0.15) is 39.9 Å². The van der Waals surface area contributed by atoms with E-state index >= 15 is 0 Å². The maximum Gasteiger partial charge on any atom is 0.275 e. The molecule has 1 aromatic carbocycles. The molecule has 1 amide bonds. The Kier molecular flexibility index (Phi) is 7.39. The number of aliphatic hydroxyl groups excluding tert-OH is 1. The normalized spacial score (nSPS) is 15.3. The van der Waals surface area contributed by atoms with Crippen LogP contribution in [0, 0.1) is 11.6 Å². The number of anilines is 1. The molecule has 7 nitrogen and oxygen atoms in total. The van der Waals surface area contributed by atoms with Crippen molar-refractivity contribution in [2.24, 2.45) is 0 Å². The van der Waals surface area contributed by atoms with Crippen molar-refractivity contribution in [3.05, 3.63) is 59.4 Å². The molecule has 2 aromatic heterocycles. The number of aliphatic hydroxyl groups is 1. The third-order valence-electron chi connectivity index (χ3n) is 4.25. The second kappa shape index (κ2) is 10.2. The second-order valence-corrected chi connectivity index (χ2v) is 7.05. The van der Waals surface area contributed by atoms with Crippen LogP contribution in [0.25, 0.3) is 10.6 Å². The number of carbonyl (C=O) groups is 1. The van der Waals surface area contributed by atoms with Gasteiger partial charge in [-0.25, -0.2) is 13.8 Å². The lowest BCUT2D eigenvalue weighted by molar-refractivity contribution is 0.102. The number of halogens is 2. The predicted octanol–water partition coefficient (Wildman–Crippen LogP) is 3.08. The minimum absolute atomic E-state index is 0.0213. The van der Waals surface area contributed by atoms with Crippen LogP contribution in [0.15, 0.2) is 42.0 Å². The number of nitrogens with one attached hydrogen (secondary N) is 2. The molecule has 1 atom stereocenters. The van der Waals surface area contributed by atoms with Crippen LogP contribution in [0.3, 0.4) is 0 Å². The number of benzene rings is 1. The van der Waals surface area contributed by atoms with Crippen molar-refractivity contribution in [3.63, 3.8) is 0 Å². The fourth-order valence-corrected chi connectivity index (χ4v) is 3.71. The summed E-state index contributed by atoms with van der Waals surface area (Å²) in [5.41, 5.74) is 0.219. The Bertz CT molecular complexity index is 989. The Morgan fingerprint density at radius 1 is 1.30 bits per heavy atom. The lowest BCUT2D eigenvalue weighted by atomic mass is 10.2. The molecule has 1 saturated heterocycles. The van der Waals surface area contributed by atoms with Crippen molar-refractivity contribution >= 4 is 22.9 Å². The van der Waals surface area contributed by atoms with Gasteiger partial charge in [-0.3, -0.25) is 9.78 Å². The summed E-state index contributed by atoms with van der Waals surface area (Å²) < 4.78 is 33.8. The molecule has 3 aromatic rings. The monoisotopic (exact) mass is 434 g/mol. The lowest BCUT2D eigenvalue weighted by Gasteiger charge is -2.15. The minimum Gasteiger partial charge on any atom is -0.487 e. The number of aromatic nitrogens is 2. The van der Waals surface area contributed by atoms with E-state index in [1.165, 1.54) is 17.6 Å². The zero-order valence-corrected chi connectivity index (χ0v) is 16.9. The molecule has 1 aliphatic heterocycles. The molecule has 0 saturated carbocycles. The molecular weight excluding hydrogens is 414 g/mol. The number of ether oxygens (including phenoxy) is 1. The first-order valence-electron chi connectivity index (χ1n) is 9.09.